The van der Waals surface area contributed by atoms with Crippen LogP contribution in [0.4, 0.5) is 16.2 Å². The number of carbonyl (C=O) groups excluding carboxylic acids is 3. The Hall–Kier alpha value is -3.26. The van der Waals surface area contributed by atoms with Crippen LogP contribution in [0.3, 0.4) is 0 Å². The lowest BCUT2D eigenvalue weighted by Crippen LogP contribution is -2.53. The molecule has 1 aliphatic carbocycles. The molecule has 8 nitrogen and oxygen atoms in total. The number of hydrogen-bond acceptors (Lipinski definition) is 4. The third-order valence-electron chi connectivity index (χ3n) is 7.32. The summed E-state index contributed by atoms with van der Waals surface area (Å²) in [5, 5.41) is 6.46. The number of anilines is 2. The highest BCUT2D eigenvalue weighted by Gasteiger charge is 2.25. The van der Waals surface area contributed by atoms with Crippen LogP contribution in [0.2, 0.25) is 5.02 Å². The molecule has 0 spiro atoms. The number of amides is 4. The maximum absolute atomic E-state index is 13.0. The van der Waals surface area contributed by atoms with Gasteiger partial charge in [-0.1, -0.05) is 43.0 Å². The average Bonchev–Trinajstić information content (AvgIpc) is 2.92. The van der Waals surface area contributed by atoms with E-state index in [1.165, 1.54) is 24.2 Å². The molecule has 1 aliphatic heterocycles. The zero-order valence-corrected chi connectivity index (χ0v) is 23.0. The maximum Gasteiger partial charge on any atom is 0.317 e. The highest BCUT2D eigenvalue weighted by molar-refractivity contribution is 6.33. The average molecular weight is 540 g/mol. The Kier molecular flexibility index (Phi) is 9.50. The van der Waals surface area contributed by atoms with Crippen LogP contribution < -0.4 is 15.5 Å². The molecule has 1 heterocycles. The lowest BCUT2D eigenvalue weighted by Gasteiger charge is -2.37. The molecule has 0 aromatic heterocycles. The maximum atomic E-state index is 13.0. The summed E-state index contributed by atoms with van der Waals surface area (Å²) in [7, 11) is 0. The first-order valence-electron chi connectivity index (χ1n) is 13.6. The van der Waals surface area contributed by atoms with E-state index in [0.29, 0.717) is 35.4 Å². The lowest BCUT2D eigenvalue weighted by molar-refractivity contribution is -0.117. The molecule has 2 aromatic rings. The molecule has 0 radical (unpaired) electrons. The van der Waals surface area contributed by atoms with Crippen molar-refractivity contribution in [3.8, 4) is 0 Å². The first-order valence-corrected chi connectivity index (χ1v) is 14.0. The fourth-order valence-corrected chi connectivity index (χ4v) is 5.29. The second kappa shape index (κ2) is 13.0. The van der Waals surface area contributed by atoms with E-state index in [2.05, 4.69) is 15.5 Å². The van der Waals surface area contributed by atoms with Gasteiger partial charge in [0.25, 0.3) is 5.91 Å². The van der Waals surface area contributed by atoms with Crippen LogP contribution in [0.15, 0.2) is 48.5 Å². The number of urea groups is 1. The molecule has 38 heavy (non-hydrogen) atoms. The molecule has 2 N–H and O–H groups in total. The van der Waals surface area contributed by atoms with Crippen molar-refractivity contribution < 1.29 is 14.4 Å². The molecule has 0 bridgehead atoms. The van der Waals surface area contributed by atoms with E-state index in [1.54, 1.807) is 24.3 Å². The predicted molar refractivity (Wildman–Crippen MR) is 152 cm³/mol. The van der Waals surface area contributed by atoms with Gasteiger partial charge in [-0.05, 0) is 63.1 Å². The molecule has 1 saturated heterocycles. The Balaban J connectivity index is 1.27. The largest absolute Gasteiger partial charge is 0.368 e. The summed E-state index contributed by atoms with van der Waals surface area (Å²) in [5.41, 5.74) is 2.10. The van der Waals surface area contributed by atoms with E-state index in [1.807, 2.05) is 43.0 Å². The van der Waals surface area contributed by atoms with Crippen LogP contribution in [0.1, 0.15) is 56.3 Å². The summed E-state index contributed by atoms with van der Waals surface area (Å²) in [5.74, 6) is -0.549. The van der Waals surface area contributed by atoms with Gasteiger partial charge in [0.1, 0.15) is 6.54 Å². The van der Waals surface area contributed by atoms with Gasteiger partial charge >= 0.3 is 6.03 Å². The van der Waals surface area contributed by atoms with Gasteiger partial charge in [-0.2, -0.15) is 0 Å². The van der Waals surface area contributed by atoms with E-state index in [0.717, 1.165) is 31.6 Å². The molecule has 0 atom stereocenters. The fraction of sp³-hybridized carbons (Fsp3) is 0.483. The second-order valence-electron chi connectivity index (χ2n) is 10.4. The highest BCUT2D eigenvalue weighted by Crippen LogP contribution is 2.22. The van der Waals surface area contributed by atoms with Gasteiger partial charge < -0.3 is 25.3 Å². The number of nitrogens with zero attached hydrogens (tertiary/aromatic N) is 3. The Bertz CT molecular complexity index is 1110. The van der Waals surface area contributed by atoms with Gasteiger partial charge in [-0.3, -0.25) is 9.59 Å². The van der Waals surface area contributed by atoms with Crippen molar-refractivity contribution in [1.29, 1.82) is 0 Å². The number of carbonyl (C=O) groups is 3. The summed E-state index contributed by atoms with van der Waals surface area (Å²) in [6.07, 6.45) is 5.84. The Morgan fingerprint density at radius 2 is 1.61 bits per heavy atom. The quantitative estimate of drug-likeness (QED) is 0.519. The second-order valence-corrected chi connectivity index (χ2v) is 10.8. The van der Waals surface area contributed by atoms with Crippen molar-refractivity contribution in [2.75, 3.05) is 42.9 Å². The molecule has 204 valence electrons. The van der Waals surface area contributed by atoms with Crippen molar-refractivity contribution in [3.63, 3.8) is 0 Å². The van der Waals surface area contributed by atoms with Gasteiger partial charge in [0.05, 0.1) is 10.6 Å². The van der Waals surface area contributed by atoms with Crippen molar-refractivity contribution >= 4 is 40.8 Å². The molecular formula is C29H38ClN5O3. The van der Waals surface area contributed by atoms with E-state index >= 15 is 0 Å². The van der Waals surface area contributed by atoms with Crippen LogP contribution in [0, 0.1) is 0 Å². The first-order chi connectivity index (χ1) is 18.3. The van der Waals surface area contributed by atoms with Gasteiger partial charge in [0, 0.05) is 49.6 Å². The van der Waals surface area contributed by atoms with Crippen molar-refractivity contribution in [2.24, 2.45) is 0 Å². The third-order valence-corrected chi connectivity index (χ3v) is 7.65. The monoisotopic (exact) mass is 539 g/mol. The smallest absolute Gasteiger partial charge is 0.317 e. The molecule has 2 aliphatic rings. The Morgan fingerprint density at radius 1 is 0.947 bits per heavy atom. The van der Waals surface area contributed by atoms with Crippen LogP contribution in [-0.2, 0) is 4.79 Å². The molecule has 9 heteroatoms. The van der Waals surface area contributed by atoms with Crippen LogP contribution in [0.25, 0.3) is 0 Å². The van der Waals surface area contributed by atoms with Gasteiger partial charge in [0.2, 0.25) is 5.91 Å². The summed E-state index contributed by atoms with van der Waals surface area (Å²) < 4.78 is 0. The van der Waals surface area contributed by atoms with Crippen molar-refractivity contribution in [1.82, 2.24) is 15.1 Å². The third kappa shape index (κ3) is 7.19. The number of hydrogen-bond donors (Lipinski definition) is 2. The Morgan fingerprint density at radius 3 is 2.24 bits per heavy atom. The highest BCUT2D eigenvalue weighted by atomic mass is 35.5. The van der Waals surface area contributed by atoms with Gasteiger partial charge in [-0.25, -0.2) is 4.79 Å². The minimum atomic E-state index is -0.275. The molecular weight excluding hydrogens is 502 g/mol. The van der Waals surface area contributed by atoms with E-state index in [9.17, 15) is 14.4 Å². The summed E-state index contributed by atoms with van der Waals surface area (Å²) >= 11 is 6.20. The minimum Gasteiger partial charge on any atom is -0.368 e. The summed E-state index contributed by atoms with van der Waals surface area (Å²) in [4.78, 5) is 44.1. The standard InChI is InChI=1S/C29H38ClN5O3/c1-21(2)35(28(37)25-10-6-7-11-26(25)30)20-27(36)31-23-12-14-24(15-13-23)33-16-18-34(19-17-33)29(38)32-22-8-4-3-5-9-22/h6-7,10-15,21-22H,3-5,8-9,16-20H2,1-2H3,(H,31,36)(H,32,38). The van der Waals surface area contributed by atoms with Crippen LogP contribution in [0.5, 0.6) is 0 Å². The van der Waals surface area contributed by atoms with E-state index in [-0.39, 0.29) is 30.4 Å². The molecule has 4 amide bonds. The molecule has 2 aromatic carbocycles. The van der Waals surface area contributed by atoms with E-state index in [4.69, 9.17) is 11.6 Å². The van der Waals surface area contributed by atoms with Crippen LogP contribution >= 0.6 is 11.6 Å². The first kappa shape index (κ1) is 27.8. The number of rotatable bonds is 7. The van der Waals surface area contributed by atoms with Crippen molar-refractivity contribution in [2.45, 2.75) is 58.0 Å². The lowest BCUT2D eigenvalue weighted by atomic mass is 9.96. The zero-order chi connectivity index (χ0) is 27.1. The molecule has 4 rings (SSSR count). The molecule has 1 saturated carbocycles. The van der Waals surface area contributed by atoms with E-state index < -0.39 is 0 Å². The topological polar surface area (TPSA) is 85.0 Å². The van der Waals surface area contributed by atoms with Gasteiger partial charge in [0.15, 0.2) is 0 Å². The SMILES string of the molecule is CC(C)N(CC(=O)Nc1ccc(N2CCN(C(=O)NC3CCCCC3)CC2)cc1)C(=O)c1ccccc1Cl. The molecule has 0 unspecified atom stereocenters. The normalized spacial score (nSPS) is 16.3. The summed E-state index contributed by atoms with van der Waals surface area (Å²) in [6, 6.07) is 14.7. The van der Waals surface area contributed by atoms with Crippen molar-refractivity contribution in [3.05, 3.63) is 59.1 Å². The van der Waals surface area contributed by atoms with Gasteiger partial charge in [-0.15, -0.1) is 0 Å². The minimum absolute atomic E-state index is 0.0538. The Labute approximate surface area is 230 Å². The zero-order valence-electron chi connectivity index (χ0n) is 22.3. The van der Waals surface area contributed by atoms with Crippen LogP contribution in [-0.4, -0.2) is 72.5 Å². The number of piperazine rings is 1. The number of halogens is 1. The predicted octanol–water partition coefficient (Wildman–Crippen LogP) is 4.99. The number of benzene rings is 2. The number of nitrogens with one attached hydrogen (secondary N) is 2. The summed E-state index contributed by atoms with van der Waals surface area (Å²) in [6.45, 7) is 6.55. The molecule has 2 fully saturated rings. The fourth-order valence-electron chi connectivity index (χ4n) is 5.07.